The van der Waals surface area contributed by atoms with Gasteiger partial charge in [-0.15, -0.1) is 0 Å². The summed E-state index contributed by atoms with van der Waals surface area (Å²) in [6, 6.07) is 13.5. The molecule has 3 aromatic rings. The lowest BCUT2D eigenvalue weighted by molar-refractivity contribution is -0.119. The van der Waals surface area contributed by atoms with Crippen LogP contribution in [0.1, 0.15) is 12.1 Å². The van der Waals surface area contributed by atoms with Crippen molar-refractivity contribution in [2.24, 2.45) is 10.8 Å². The quantitative estimate of drug-likeness (QED) is 0.661. The van der Waals surface area contributed by atoms with Crippen LogP contribution < -0.4 is 15.6 Å². The fourth-order valence-corrected chi connectivity index (χ4v) is 3.31. The number of nitrogens with zero attached hydrogens (tertiary/aromatic N) is 5. The number of primary amides is 1. The number of hydrazone groups is 1. The van der Waals surface area contributed by atoms with Crippen molar-refractivity contribution in [2.75, 3.05) is 9.91 Å². The van der Waals surface area contributed by atoms with Crippen LogP contribution in [0.5, 0.6) is 0 Å². The number of amides is 2. The van der Waals surface area contributed by atoms with Gasteiger partial charge in [0.05, 0.1) is 17.9 Å². The normalized spacial score (nSPS) is 15.5. The maximum absolute atomic E-state index is 13.5. The predicted octanol–water partition coefficient (Wildman–Crippen LogP) is 2.27. The zero-order valence-electron chi connectivity index (χ0n) is 16.4. The Morgan fingerprint density at radius 3 is 2.45 bits per heavy atom. The van der Waals surface area contributed by atoms with Gasteiger partial charge in [0, 0.05) is 30.7 Å². The fourth-order valence-electron chi connectivity index (χ4n) is 3.31. The van der Waals surface area contributed by atoms with Gasteiger partial charge >= 0.3 is 0 Å². The summed E-state index contributed by atoms with van der Waals surface area (Å²) in [5, 5.41) is 5.74. The maximum atomic E-state index is 13.5. The lowest BCUT2D eigenvalue weighted by Gasteiger charge is -2.22. The maximum Gasteiger partial charge on any atom is 0.274 e. The third kappa shape index (κ3) is 4.40. The molecule has 0 fully saturated rings. The second kappa shape index (κ2) is 8.70. The van der Waals surface area contributed by atoms with Gasteiger partial charge in [-0.1, -0.05) is 6.07 Å². The van der Waals surface area contributed by atoms with Gasteiger partial charge in [0.25, 0.3) is 5.91 Å². The van der Waals surface area contributed by atoms with Crippen LogP contribution in [0.3, 0.4) is 0 Å². The molecule has 3 heterocycles. The van der Waals surface area contributed by atoms with Gasteiger partial charge in [-0.05, 0) is 48.5 Å². The van der Waals surface area contributed by atoms with Crippen LogP contribution in [0.25, 0.3) is 0 Å². The molecule has 1 atom stereocenters. The van der Waals surface area contributed by atoms with E-state index < -0.39 is 17.8 Å². The number of anilines is 2. The van der Waals surface area contributed by atoms with Crippen molar-refractivity contribution in [3.8, 4) is 0 Å². The third-order valence-corrected chi connectivity index (χ3v) is 4.84. The molecular formula is C22H19FN6O2. The first-order valence-electron chi connectivity index (χ1n) is 9.56. The van der Waals surface area contributed by atoms with Gasteiger partial charge in [-0.25, -0.2) is 4.39 Å². The van der Waals surface area contributed by atoms with E-state index in [-0.39, 0.29) is 24.6 Å². The molecule has 0 unspecified atom stereocenters. The predicted molar refractivity (Wildman–Crippen MR) is 114 cm³/mol. The number of rotatable bonds is 6. The molecule has 0 saturated carbocycles. The highest BCUT2D eigenvalue weighted by Crippen LogP contribution is 2.27. The molecule has 0 radical (unpaired) electrons. The monoisotopic (exact) mass is 418 g/mol. The molecule has 2 amide bonds. The highest BCUT2D eigenvalue weighted by atomic mass is 19.1. The van der Waals surface area contributed by atoms with Crippen LogP contribution in [0.15, 0.2) is 78.3 Å². The average molecular weight is 418 g/mol. The number of hydrogen-bond donors (Lipinski definition) is 1. The molecule has 0 aliphatic carbocycles. The van der Waals surface area contributed by atoms with E-state index in [9.17, 15) is 14.0 Å². The van der Waals surface area contributed by atoms with Crippen LogP contribution in [0.2, 0.25) is 0 Å². The first-order valence-corrected chi connectivity index (χ1v) is 9.56. The molecule has 31 heavy (non-hydrogen) atoms. The summed E-state index contributed by atoms with van der Waals surface area (Å²) in [6.45, 7) is 0.209. The van der Waals surface area contributed by atoms with E-state index in [1.165, 1.54) is 34.2 Å². The van der Waals surface area contributed by atoms with Crippen LogP contribution >= 0.6 is 0 Å². The smallest absolute Gasteiger partial charge is 0.274 e. The van der Waals surface area contributed by atoms with Crippen molar-refractivity contribution in [1.82, 2.24) is 9.97 Å². The molecule has 9 heteroatoms. The van der Waals surface area contributed by atoms with E-state index in [1.54, 1.807) is 36.8 Å². The molecule has 1 aliphatic heterocycles. The summed E-state index contributed by atoms with van der Waals surface area (Å²) in [6.07, 6.45) is 4.86. The van der Waals surface area contributed by atoms with Gasteiger partial charge in [0.2, 0.25) is 5.91 Å². The summed E-state index contributed by atoms with van der Waals surface area (Å²) >= 11 is 0. The number of hydrogen-bond acceptors (Lipinski definition) is 6. The van der Waals surface area contributed by atoms with E-state index >= 15 is 0 Å². The fraction of sp³-hybridized carbons (Fsp3) is 0.136. The minimum absolute atomic E-state index is 0.0370. The first-order chi connectivity index (χ1) is 15.0. The van der Waals surface area contributed by atoms with Crippen molar-refractivity contribution in [3.63, 3.8) is 0 Å². The van der Waals surface area contributed by atoms with E-state index in [0.717, 1.165) is 0 Å². The van der Waals surface area contributed by atoms with Crippen molar-refractivity contribution in [3.05, 3.63) is 84.7 Å². The zero-order valence-corrected chi connectivity index (χ0v) is 16.4. The largest absolute Gasteiger partial charge is 0.368 e. The van der Waals surface area contributed by atoms with Gasteiger partial charge in [-0.3, -0.25) is 24.6 Å². The van der Waals surface area contributed by atoms with Gasteiger partial charge in [0.1, 0.15) is 17.6 Å². The zero-order chi connectivity index (χ0) is 21.8. The molecule has 2 N–H and O–H groups in total. The van der Waals surface area contributed by atoms with Crippen molar-refractivity contribution in [1.29, 1.82) is 0 Å². The molecule has 1 aliphatic rings. The summed E-state index contributed by atoms with van der Waals surface area (Å²) < 4.78 is 13.3. The van der Waals surface area contributed by atoms with Gasteiger partial charge in [-0.2, -0.15) is 5.10 Å². The molecule has 4 rings (SSSR count). The third-order valence-electron chi connectivity index (χ3n) is 4.84. The second-order valence-electron chi connectivity index (χ2n) is 6.91. The molecule has 0 saturated heterocycles. The Morgan fingerprint density at radius 1 is 1.06 bits per heavy atom. The van der Waals surface area contributed by atoms with E-state index in [2.05, 4.69) is 15.1 Å². The highest BCUT2D eigenvalue weighted by molar-refractivity contribution is 6.44. The second-order valence-corrected chi connectivity index (χ2v) is 6.91. The Hall–Kier alpha value is -4.14. The Labute approximate surface area is 177 Å². The summed E-state index contributed by atoms with van der Waals surface area (Å²) in [7, 11) is 0. The Balaban J connectivity index is 1.67. The number of pyridine rings is 2. The SMILES string of the molecule is NC(=O)[C@@H]1CC(C(=O)N(Cc2ccccn2)c2ccncc2)=NN1c1ccc(F)cc1. The average Bonchev–Trinajstić information content (AvgIpc) is 3.25. The van der Waals surface area contributed by atoms with Crippen LogP contribution in [-0.2, 0) is 16.1 Å². The molecule has 8 nitrogen and oxygen atoms in total. The Morgan fingerprint density at radius 2 is 1.81 bits per heavy atom. The number of carbonyl (C=O) groups excluding carboxylic acids is 2. The van der Waals surface area contributed by atoms with Crippen molar-refractivity contribution < 1.29 is 14.0 Å². The summed E-state index contributed by atoms with van der Waals surface area (Å²) in [5.74, 6) is -1.43. The van der Waals surface area contributed by atoms with E-state index in [1.807, 2.05) is 12.1 Å². The van der Waals surface area contributed by atoms with E-state index in [0.29, 0.717) is 17.1 Å². The Kier molecular flexibility index (Phi) is 5.65. The van der Waals surface area contributed by atoms with Crippen molar-refractivity contribution in [2.45, 2.75) is 19.0 Å². The lowest BCUT2D eigenvalue weighted by Crippen LogP contribution is -2.40. The number of benzene rings is 1. The molecule has 0 spiro atoms. The van der Waals surface area contributed by atoms with Gasteiger partial charge < -0.3 is 10.6 Å². The standard InChI is InChI=1S/C22H19FN6O2/c23-15-4-6-18(7-5-15)29-20(21(24)30)13-19(27-29)22(31)28(17-8-11-25-12-9-17)14-16-3-1-2-10-26-16/h1-12,20H,13-14H2,(H2,24,30)/t20-/m0/s1. The molecule has 0 bridgehead atoms. The highest BCUT2D eigenvalue weighted by Gasteiger charge is 2.37. The van der Waals surface area contributed by atoms with Crippen LogP contribution in [-0.4, -0.2) is 33.5 Å². The summed E-state index contributed by atoms with van der Waals surface area (Å²) in [4.78, 5) is 35.3. The van der Waals surface area contributed by atoms with Crippen LogP contribution in [0.4, 0.5) is 15.8 Å². The molecule has 1 aromatic carbocycles. The first kappa shape index (κ1) is 20.1. The van der Waals surface area contributed by atoms with Crippen LogP contribution in [0, 0.1) is 5.82 Å². The topological polar surface area (TPSA) is 105 Å². The van der Waals surface area contributed by atoms with Gasteiger partial charge in [0.15, 0.2) is 0 Å². The number of aromatic nitrogens is 2. The van der Waals surface area contributed by atoms with Crippen molar-refractivity contribution >= 4 is 28.9 Å². The minimum Gasteiger partial charge on any atom is -0.368 e. The molecule has 2 aromatic heterocycles. The number of carbonyl (C=O) groups is 2. The number of halogens is 1. The molecule has 156 valence electrons. The summed E-state index contributed by atoms with van der Waals surface area (Å²) in [5.41, 5.74) is 7.49. The lowest BCUT2D eigenvalue weighted by atomic mass is 10.1. The Bertz CT molecular complexity index is 1110. The van der Waals surface area contributed by atoms with E-state index in [4.69, 9.17) is 5.73 Å². The minimum atomic E-state index is -0.849. The molecular weight excluding hydrogens is 399 g/mol. The number of nitrogens with two attached hydrogens (primary N) is 1.